The van der Waals surface area contributed by atoms with E-state index in [0.717, 1.165) is 0 Å². The van der Waals surface area contributed by atoms with Gasteiger partial charge in [0.15, 0.2) is 0 Å². The molecule has 0 bridgehead atoms. The van der Waals surface area contributed by atoms with Gasteiger partial charge in [-0.25, -0.2) is 4.79 Å². The van der Waals surface area contributed by atoms with E-state index >= 15 is 0 Å². The molecule has 1 aromatic rings. The lowest BCUT2D eigenvalue weighted by molar-refractivity contribution is -0.375. The average molecular weight is 207 g/mol. The summed E-state index contributed by atoms with van der Waals surface area (Å²) in [4.78, 5) is 20.9. The van der Waals surface area contributed by atoms with Crippen LogP contribution in [0.1, 0.15) is 36.7 Å². The molecule has 0 fully saturated rings. The zero-order valence-electron chi connectivity index (χ0n) is 8.98. The number of hydrogen-bond acceptors (Lipinski definition) is 3. The van der Waals surface area contributed by atoms with Crippen molar-refractivity contribution in [3.8, 4) is 0 Å². The van der Waals surface area contributed by atoms with Crippen LogP contribution in [-0.4, -0.2) is 10.8 Å². The lowest BCUT2D eigenvalue weighted by atomic mass is 9.83. The predicted octanol–water partition coefficient (Wildman–Crippen LogP) is 2.40. The maximum atomic E-state index is 11.3. The molecule has 0 aliphatic rings. The summed E-state index contributed by atoms with van der Waals surface area (Å²) >= 11 is 0. The Kier molecular flexibility index (Phi) is 2.88. The molecule has 0 unspecified atom stereocenters. The number of amides is 1. The van der Waals surface area contributed by atoms with E-state index in [1.807, 2.05) is 20.8 Å². The average Bonchev–Trinajstić information content (AvgIpc) is 2.15. The minimum absolute atomic E-state index is 0.176. The van der Waals surface area contributed by atoms with Gasteiger partial charge >= 0.3 is 5.91 Å². The van der Waals surface area contributed by atoms with Gasteiger partial charge in [0.25, 0.3) is 0 Å². The molecule has 1 aromatic carbocycles. The van der Waals surface area contributed by atoms with E-state index in [9.17, 15) is 14.9 Å². The first-order chi connectivity index (χ1) is 6.84. The summed E-state index contributed by atoms with van der Waals surface area (Å²) in [7, 11) is 0. The second kappa shape index (κ2) is 3.81. The summed E-state index contributed by atoms with van der Waals surface area (Å²) in [5.74, 6) is -1.04. The van der Waals surface area contributed by atoms with Gasteiger partial charge in [-0.2, -0.15) is 0 Å². The molecule has 0 spiro atoms. The molecule has 80 valence electrons. The number of carbonyl (C=O) groups excluding carboxylic acids is 1. The van der Waals surface area contributed by atoms with E-state index in [0.29, 0.717) is 5.56 Å². The molecule has 0 aliphatic heterocycles. The summed E-state index contributed by atoms with van der Waals surface area (Å²) in [6.07, 6.45) is 0. The summed E-state index contributed by atoms with van der Waals surface area (Å²) in [6.45, 7) is 5.75. The summed E-state index contributed by atoms with van der Waals surface area (Å²) in [5.41, 5.74) is 0.601. The van der Waals surface area contributed by atoms with E-state index in [1.165, 1.54) is 6.07 Å². The van der Waals surface area contributed by atoms with Gasteiger partial charge in [-0.15, -0.1) is 0 Å². The van der Waals surface area contributed by atoms with Crippen molar-refractivity contribution in [2.24, 2.45) is 0 Å². The van der Waals surface area contributed by atoms with Crippen LogP contribution < -0.4 is 0 Å². The first-order valence-electron chi connectivity index (χ1n) is 4.62. The monoisotopic (exact) mass is 207 g/mol. The maximum absolute atomic E-state index is 11.3. The Morgan fingerprint density at radius 2 is 1.80 bits per heavy atom. The van der Waals surface area contributed by atoms with E-state index in [2.05, 4.69) is 0 Å². The molecule has 0 radical (unpaired) electrons. The number of nitrogens with zero attached hydrogens (tertiary/aromatic N) is 1. The van der Waals surface area contributed by atoms with Crippen molar-refractivity contribution in [1.82, 2.24) is 0 Å². The highest BCUT2D eigenvalue weighted by molar-refractivity contribution is 5.89. The third-order valence-electron chi connectivity index (χ3n) is 2.13. The zero-order valence-corrected chi connectivity index (χ0v) is 8.98. The molecule has 0 saturated carbocycles. The molecule has 1 amide bonds. The number of hydrogen-bond donors (Lipinski definition) is 0. The number of rotatable bonds is 1. The highest BCUT2D eigenvalue weighted by atomic mass is 16.6. The van der Waals surface area contributed by atoms with Crippen molar-refractivity contribution in [2.75, 3.05) is 0 Å². The first-order valence-corrected chi connectivity index (χ1v) is 4.62. The topological polar surface area (TPSA) is 60.2 Å². The summed E-state index contributed by atoms with van der Waals surface area (Å²) in [5, 5.41) is 10.4. The van der Waals surface area contributed by atoms with Crippen molar-refractivity contribution in [2.45, 2.75) is 26.2 Å². The van der Waals surface area contributed by atoms with E-state index in [1.54, 1.807) is 18.2 Å². The normalized spacial score (nSPS) is 11.1. The van der Waals surface area contributed by atoms with Gasteiger partial charge in [-0.05, 0) is 17.0 Å². The highest BCUT2D eigenvalue weighted by Crippen LogP contribution is 2.25. The Morgan fingerprint density at radius 1 is 1.27 bits per heavy atom. The Labute approximate surface area is 88.1 Å². The van der Waals surface area contributed by atoms with Crippen molar-refractivity contribution in [3.63, 3.8) is 0 Å². The highest BCUT2D eigenvalue weighted by Gasteiger charge is 2.27. The standard InChI is InChI=1S/C11H13NO3/c1-11(2,3)9-7-5-4-6-8(9)10(13)12(14)15/h4-7H,1-3H3. The molecule has 0 saturated heterocycles. The first kappa shape index (κ1) is 11.4. The van der Waals surface area contributed by atoms with Crippen molar-refractivity contribution in [3.05, 3.63) is 45.5 Å². The fourth-order valence-electron chi connectivity index (χ4n) is 1.42. The lowest BCUT2D eigenvalue weighted by Crippen LogP contribution is -2.20. The predicted molar refractivity (Wildman–Crippen MR) is 56.5 cm³/mol. The Morgan fingerprint density at radius 3 is 2.27 bits per heavy atom. The number of carbonyl (C=O) groups is 1. The van der Waals surface area contributed by atoms with Crippen molar-refractivity contribution >= 4 is 5.91 Å². The molecule has 0 N–H and O–H groups in total. The molecule has 1 rings (SSSR count). The minimum atomic E-state index is -1.04. The molecule has 0 aliphatic carbocycles. The lowest BCUT2D eigenvalue weighted by Gasteiger charge is -2.20. The van der Waals surface area contributed by atoms with Gasteiger partial charge in [0, 0.05) is 0 Å². The molecule has 0 heterocycles. The third kappa shape index (κ3) is 2.40. The third-order valence-corrected chi connectivity index (χ3v) is 2.13. The molecule has 0 atom stereocenters. The van der Waals surface area contributed by atoms with E-state index in [-0.39, 0.29) is 11.0 Å². The fraction of sp³-hybridized carbons (Fsp3) is 0.364. The van der Waals surface area contributed by atoms with Gasteiger partial charge in [0.05, 0.1) is 0 Å². The van der Waals surface area contributed by atoms with Crippen LogP contribution in [0.15, 0.2) is 24.3 Å². The molecular formula is C11H13NO3. The molecule has 15 heavy (non-hydrogen) atoms. The van der Waals surface area contributed by atoms with E-state index < -0.39 is 10.8 Å². The Hall–Kier alpha value is -1.71. The fourth-order valence-corrected chi connectivity index (χ4v) is 1.42. The van der Waals surface area contributed by atoms with Gasteiger partial charge in [0.2, 0.25) is 0 Å². The second-order valence-electron chi connectivity index (χ2n) is 4.36. The van der Waals surface area contributed by atoms with Crippen LogP contribution in [0.4, 0.5) is 0 Å². The second-order valence-corrected chi connectivity index (χ2v) is 4.36. The van der Waals surface area contributed by atoms with Crippen molar-refractivity contribution < 1.29 is 9.72 Å². The zero-order chi connectivity index (χ0) is 11.6. The molecule has 0 aromatic heterocycles. The SMILES string of the molecule is CC(C)(C)c1ccccc1C(=O)[N+](=O)[O-]. The summed E-state index contributed by atoms with van der Waals surface area (Å²) < 4.78 is 0. The van der Waals surface area contributed by atoms with Crippen LogP contribution in [0.25, 0.3) is 0 Å². The minimum Gasteiger partial charge on any atom is -0.255 e. The van der Waals surface area contributed by atoms with Crippen LogP contribution in [0, 0.1) is 10.1 Å². The Balaban J connectivity index is 3.31. The van der Waals surface area contributed by atoms with Crippen molar-refractivity contribution in [1.29, 1.82) is 0 Å². The van der Waals surface area contributed by atoms with Crippen LogP contribution in [0.2, 0.25) is 0 Å². The Bertz CT molecular complexity index is 405. The van der Waals surface area contributed by atoms with Gasteiger partial charge in [0.1, 0.15) is 10.5 Å². The quantitative estimate of drug-likeness (QED) is 0.524. The van der Waals surface area contributed by atoms with Gasteiger partial charge in [-0.3, -0.25) is 10.1 Å². The number of nitro groups is 1. The van der Waals surface area contributed by atoms with Gasteiger partial charge < -0.3 is 0 Å². The summed E-state index contributed by atoms with van der Waals surface area (Å²) in [6, 6.07) is 6.64. The van der Waals surface area contributed by atoms with Crippen LogP contribution >= 0.6 is 0 Å². The van der Waals surface area contributed by atoms with Crippen LogP contribution in [0.5, 0.6) is 0 Å². The molecule has 4 nitrogen and oxygen atoms in total. The van der Waals surface area contributed by atoms with Crippen LogP contribution in [-0.2, 0) is 5.41 Å². The largest absolute Gasteiger partial charge is 0.476 e. The van der Waals surface area contributed by atoms with E-state index in [4.69, 9.17) is 0 Å². The smallest absolute Gasteiger partial charge is 0.255 e. The molecular weight excluding hydrogens is 194 g/mol. The van der Waals surface area contributed by atoms with Crippen LogP contribution in [0.3, 0.4) is 0 Å². The number of benzene rings is 1. The molecule has 4 heteroatoms. The van der Waals surface area contributed by atoms with Gasteiger partial charge in [-0.1, -0.05) is 39.0 Å². The maximum Gasteiger partial charge on any atom is 0.476 e.